The van der Waals surface area contributed by atoms with Crippen LogP contribution in [0.4, 0.5) is 0 Å². The van der Waals surface area contributed by atoms with Crippen LogP contribution in [0.2, 0.25) is 0 Å². The SMILES string of the molecule is C=CC(=O)OC(C)C(C)C(C)C. The van der Waals surface area contributed by atoms with E-state index in [-0.39, 0.29) is 12.1 Å². The Hall–Kier alpha value is -0.790. The Morgan fingerprint density at radius 3 is 2.17 bits per heavy atom. The van der Waals surface area contributed by atoms with Crippen molar-refractivity contribution >= 4 is 5.97 Å². The highest BCUT2D eigenvalue weighted by atomic mass is 16.5. The minimum atomic E-state index is -0.338. The van der Waals surface area contributed by atoms with Gasteiger partial charge in [0.1, 0.15) is 6.10 Å². The predicted molar refractivity (Wildman–Crippen MR) is 49.8 cm³/mol. The third-order valence-corrected chi connectivity index (χ3v) is 2.26. The van der Waals surface area contributed by atoms with Gasteiger partial charge in [-0.1, -0.05) is 27.4 Å². The number of rotatable bonds is 4. The molecule has 0 N–H and O–H groups in total. The van der Waals surface area contributed by atoms with Crippen molar-refractivity contribution in [2.45, 2.75) is 33.8 Å². The summed E-state index contributed by atoms with van der Waals surface area (Å²) in [6.45, 7) is 11.6. The van der Waals surface area contributed by atoms with Crippen molar-refractivity contribution in [3.63, 3.8) is 0 Å². The average molecular weight is 170 g/mol. The molecule has 0 heterocycles. The molecule has 0 aliphatic heterocycles. The van der Waals surface area contributed by atoms with Gasteiger partial charge in [0.2, 0.25) is 0 Å². The van der Waals surface area contributed by atoms with Crippen molar-refractivity contribution in [1.29, 1.82) is 0 Å². The van der Waals surface area contributed by atoms with Gasteiger partial charge in [-0.2, -0.15) is 0 Å². The van der Waals surface area contributed by atoms with Gasteiger partial charge in [-0.25, -0.2) is 4.79 Å². The zero-order chi connectivity index (χ0) is 9.72. The van der Waals surface area contributed by atoms with Gasteiger partial charge in [-0.05, 0) is 18.8 Å². The number of carbonyl (C=O) groups excluding carboxylic acids is 1. The summed E-state index contributed by atoms with van der Waals surface area (Å²) in [5.74, 6) is 0.571. The maximum absolute atomic E-state index is 10.8. The van der Waals surface area contributed by atoms with Crippen LogP contribution < -0.4 is 0 Å². The minimum Gasteiger partial charge on any atom is -0.459 e. The second kappa shape index (κ2) is 4.96. The van der Waals surface area contributed by atoms with E-state index in [0.717, 1.165) is 0 Å². The molecule has 0 aliphatic carbocycles. The molecule has 0 spiro atoms. The average Bonchev–Trinajstić information content (AvgIpc) is 2.02. The summed E-state index contributed by atoms with van der Waals surface area (Å²) in [6, 6.07) is 0. The standard InChI is InChI=1S/C10H18O2/c1-6-10(11)12-9(5)8(4)7(2)3/h6-9H,1H2,2-5H3. The van der Waals surface area contributed by atoms with Crippen LogP contribution in [0.15, 0.2) is 12.7 Å². The van der Waals surface area contributed by atoms with E-state index >= 15 is 0 Å². The molecule has 0 amide bonds. The Kier molecular flexibility index (Phi) is 4.64. The highest BCUT2D eigenvalue weighted by Crippen LogP contribution is 2.16. The van der Waals surface area contributed by atoms with Crippen LogP contribution in [0, 0.1) is 11.8 Å². The number of hydrogen-bond donors (Lipinski definition) is 0. The van der Waals surface area contributed by atoms with E-state index in [2.05, 4.69) is 27.4 Å². The second-order valence-corrected chi connectivity index (χ2v) is 3.45. The van der Waals surface area contributed by atoms with Gasteiger partial charge in [-0.3, -0.25) is 0 Å². The largest absolute Gasteiger partial charge is 0.459 e. The first kappa shape index (κ1) is 11.2. The van der Waals surface area contributed by atoms with E-state index in [1.807, 2.05) is 6.92 Å². The first-order valence-electron chi connectivity index (χ1n) is 4.32. The van der Waals surface area contributed by atoms with Gasteiger partial charge >= 0.3 is 5.97 Å². The van der Waals surface area contributed by atoms with Crippen LogP contribution in [-0.4, -0.2) is 12.1 Å². The van der Waals surface area contributed by atoms with Crippen molar-refractivity contribution in [2.24, 2.45) is 11.8 Å². The topological polar surface area (TPSA) is 26.3 Å². The van der Waals surface area contributed by atoms with E-state index in [4.69, 9.17) is 4.74 Å². The van der Waals surface area contributed by atoms with E-state index in [0.29, 0.717) is 11.8 Å². The molecule has 2 atom stereocenters. The van der Waals surface area contributed by atoms with Crippen LogP contribution in [0.5, 0.6) is 0 Å². The van der Waals surface area contributed by atoms with Crippen LogP contribution >= 0.6 is 0 Å². The molecule has 0 aromatic carbocycles. The third-order valence-electron chi connectivity index (χ3n) is 2.26. The van der Waals surface area contributed by atoms with Crippen LogP contribution in [0.3, 0.4) is 0 Å². The molecule has 2 nitrogen and oxygen atoms in total. The third kappa shape index (κ3) is 3.56. The van der Waals surface area contributed by atoms with E-state index in [9.17, 15) is 4.79 Å². The smallest absolute Gasteiger partial charge is 0.330 e. The predicted octanol–water partition coefficient (Wildman–Crippen LogP) is 2.40. The Morgan fingerprint density at radius 1 is 1.33 bits per heavy atom. The molecule has 2 heteroatoms. The summed E-state index contributed by atoms with van der Waals surface area (Å²) in [6.07, 6.45) is 1.17. The van der Waals surface area contributed by atoms with Crippen molar-refractivity contribution in [3.05, 3.63) is 12.7 Å². The molecule has 70 valence electrons. The fourth-order valence-corrected chi connectivity index (χ4v) is 0.881. The highest BCUT2D eigenvalue weighted by Gasteiger charge is 2.18. The van der Waals surface area contributed by atoms with Crippen LogP contribution in [-0.2, 0) is 9.53 Å². The first-order valence-corrected chi connectivity index (χ1v) is 4.32. The Bertz CT molecular complexity index is 161. The second-order valence-electron chi connectivity index (χ2n) is 3.45. The summed E-state index contributed by atoms with van der Waals surface area (Å²) in [5, 5.41) is 0. The van der Waals surface area contributed by atoms with E-state index < -0.39 is 0 Å². The molecule has 2 unspecified atom stereocenters. The molecule has 0 rings (SSSR count). The molecular weight excluding hydrogens is 152 g/mol. The summed E-state index contributed by atoms with van der Waals surface area (Å²) >= 11 is 0. The van der Waals surface area contributed by atoms with E-state index in [1.54, 1.807) is 0 Å². The molecule has 0 saturated carbocycles. The fourth-order valence-electron chi connectivity index (χ4n) is 0.881. The van der Waals surface area contributed by atoms with Crippen molar-refractivity contribution in [3.8, 4) is 0 Å². The number of esters is 1. The van der Waals surface area contributed by atoms with Crippen LogP contribution in [0.25, 0.3) is 0 Å². The Labute approximate surface area is 74.6 Å². The van der Waals surface area contributed by atoms with Crippen LogP contribution in [0.1, 0.15) is 27.7 Å². The molecular formula is C10H18O2. The maximum atomic E-state index is 10.8. The summed E-state index contributed by atoms with van der Waals surface area (Å²) in [5.41, 5.74) is 0. The zero-order valence-electron chi connectivity index (χ0n) is 8.33. The molecule has 0 aromatic rings. The molecule has 0 saturated heterocycles. The Morgan fingerprint density at radius 2 is 1.83 bits per heavy atom. The minimum absolute atomic E-state index is 0.0319. The number of hydrogen-bond acceptors (Lipinski definition) is 2. The lowest BCUT2D eigenvalue weighted by Gasteiger charge is -2.22. The van der Waals surface area contributed by atoms with Gasteiger partial charge in [-0.15, -0.1) is 0 Å². The van der Waals surface area contributed by atoms with Gasteiger partial charge in [0.15, 0.2) is 0 Å². The molecule has 0 bridgehead atoms. The number of carbonyl (C=O) groups is 1. The van der Waals surface area contributed by atoms with Gasteiger partial charge in [0.05, 0.1) is 0 Å². The number of ether oxygens (including phenoxy) is 1. The van der Waals surface area contributed by atoms with Gasteiger partial charge in [0, 0.05) is 6.08 Å². The van der Waals surface area contributed by atoms with Crippen molar-refractivity contribution < 1.29 is 9.53 Å². The monoisotopic (exact) mass is 170 g/mol. The molecule has 0 radical (unpaired) electrons. The normalized spacial score (nSPS) is 15.4. The van der Waals surface area contributed by atoms with Gasteiger partial charge in [0.25, 0.3) is 0 Å². The zero-order valence-corrected chi connectivity index (χ0v) is 8.33. The molecule has 0 aromatic heterocycles. The van der Waals surface area contributed by atoms with Crippen molar-refractivity contribution in [1.82, 2.24) is 0 Å². The fraction of sp³-hybridized carbons (Fsp3) is 0.700. The summed E-state index contributed by atoms with van der Waals surface area (Å²) in [4.78, 5) is 10.8. The highest BCUT2D eigenvalue weighted by molar-refractivity contribution is 5.81. The quantitative estimate of drug-likeness (QED) is 0.478. The molecule has 0 aliphatic rings. The lowest BCUT2D eigenvalue weighted by atomic mass is 9.93. The van der Waals surface area contributed by atoms with Gasteiger partial charge < -0.3 is 4.74 Å². The summed E-state index contributed by atoms with van der Waals surface area (Å²) in [7, 11) is 0. The lowest BCUT2D eigenvalue weighted by Crippen LogP contribution is -2.24. The van der Waals surface area contributed by atoms with Crippen molar-refractivity contribution in [2.75, 3.05) is 0 Å². The Balaban J connectivity index is 3.94. The molecule has 12 heavy (non-hydrogen) atoms. The lowest BCUT2D eigenvalue weighted by molar-refractivity contribution is -0.145. The first-order chi connectivity index (χ1) is 5.49. The molecule has 0 fully saturated rings. The summed E-state index contributed by atoms with van der Waals surface area (Å²) < 4.78 is 5.07. The van der Waals surface area contributed by atoms with E-state index in [1.165, 1.54) is 6.08 Å². The maximum Gasteiger partial charge on any atom is 0.330 e.